The molecule has 4 heteroatoms. The number of hydrogen-bond acceptors (Lipinski definition) is 3. The first-order valence-electron chi connectivity index (χ1n) is 5.16. The molecule has 3 rings (SSSR count). The van der Waals surface area contributed by atoms with Crippen molar-refractivity contribution in [3.05, 3.63) is 24.5 Å². The van der Waals surface area contributed by atoms with Gasteiger partial charge in [-0.25, -0.2) is 0 Å². The minimum atomic E-state index is 0.0709. The van der Waals surface area contributed by atoms with E-state index in [0.717, 1.165) is 16.7 Å². The molecule has 16 heavy (non-hydrogen) atoms. The summed E-state index contributed by atoms with van der Waals surface area (Å²) in [7, 11) is 1.77. The van der Waals surface area contributed by atoms with Crippen LogP contribution < -0.4 is 9.64 Å². The normalized spacial score (nSPS) is 15.8. The zero-order valence-corrected chi connectivity index (χ0v) is 8.90. The van der Waals surface area contributed by atoms with Crippen molar-refractivity contribution < 1.29 is 13.9 Å². The minimum absolute atomic E-state index is 0.0709. The quantitative estimate of drug-likeness (QED) is 0.679. The van der Waals surface area contributed by atoms with Gasteiger partial charge in [-0.15, -0.1) is 0 Å². The van der Waals surface area contributed by atoms with Gasteiger partial charge in [0.25, 0.3) is 0 Å². The van der Waals surface area contributed by atoms with Gasteiger partial charge in [0.1, 0.15) is 11.3 Å². The van der Waals surface area contributed by atoms with Gasteiger partial charge in [-0.3, -0.25) is 4.79 Å². The van der Waals surface area contributed by atoms with Crippen molar-refractivity contribution in [1.29, 1.82) is 0 Å². The SMILES string of the molecule is CN1C(=O)CCOc2cc3occc3cc21. The second-order valence-corrected chi connectivity index (χ2v) is 3.83. The number of rotatable bonds is 0. The van der Waals surface area contributed by atoms with Gasteiger partial charge in [0.2, 0.25) is 5.91 Å². The second-order valence-electron chi connectivity index (χ2n) is 3.83. The highest BCUT2D eigenvalue weighted by atomic mass is 16.5. The molecule has 0 bridgehead atoms. The third kappa shape index (κ3) is 1.26. The summed E-state index contributed by atoms with van der Waals surface area (Å²) in [6.45, 7) is 0.419. The highest BCUT2D eigenvalue weighted by Gasteiger charge is 2.20. The van der Waals surface area contributed by atoms with E-state index in [1.165, 1.54) is 0 Å². The van der Waals surface area contributed by atoms with Gasteiger partial charge >= 0.3 is 0 Å². The second kappa shape index (κ2) is 3.27. The lowest BCUT2D eigenvalue weighted by molar-refractivity contribution is -0.118. The van der Waals surface area contributed by atoms with Crippen molar-refractivity contribution in [1.82, 2.24) is 0 Å². The molecule has 2 heterocycles. The predicted octanol–water partition coefficient (Wildman–Crippen LogP) is 2.18. The molecule has 1 aromatic heterocycles. The summed E-state index contributed by atoms with van der Waals surface area (Å²) in [6, 6.07) is 5.62. The van der Waals surface area contributed by atoms with E-state index in [4.69, 9.17) is 9.15 Å². The number of benzene rings is 1. The van der Waals surface area contributed by atoms with Crippen molar-refractivity contribution in [3.8, 4) is 5.75 Å². The Kier molecular flexibility index (Phi) is 1.89. The summed E-state index contributed by atoms with van der Waals surface area (Å²) in [5.74, 6) is 0.775. The third-order valence-electron chi connectivity index (χ3n) is 2.84. The van der Waals surface area contributed by atoms with E-state index in [2.05, 4.69) is 0 Å². The molecule has 0 aliphatic carbocycles. The fourth-order valence-electron chi connectivity index (χ4n) is 1.91. The summed E-state index contributed by atoms with van der Waals surface area (Å²) in [5.41, 5.74) is 1.58. The van der Waals surface area contributed by atoms with E-state index in [-0.39, 0.29) is 5.91 Å². The topological polar surface area (TPSA) is 42.7 Å². The number of nitrogens with zero attached hydrogens (tertiary/aromatic N) is 1. The summed E-state index contributed by atoms with van der Waals surface area (Å²) < 4.78 is 10.8. The van der Waals surface area contributed by atoms with Crippen molar-refractivity contribution in [3.63, 3.8) is 0 Å². The van der Waals surface area contributed by atoms with Gasteiger partial charge in [-0.1, -0.05) is 0 Å². The fourth-order valence-corrected chi connectivity index (χ4v) is 1.91. The number of carbonyl (C=O) groups is 1. The van der Waals surface area contributed by atoms with Gasteiger partial charge in [-0.2, -0.15) is 0 Å². The zero-order valence-electron chi connectivity index (χ0n) is 8.90. The maximum Gasteiger partial charge on any atom is 0.230 e. The average molecular weight is 217 g/mol. The first-order valence-corrected chi connectivity index (χ1v) is 5.16. The monoisotopic (exact) mass is 217 g/mol. The lowest BCUT2D eigenvalue weighted by Crippen LogP contribution is -2.25. The van der Waals surface area contributed by atoms with Crippen LogP contribution in [0.25, 0.3) is 11.0 Å². The lowest BCUT2D eigenvalue weighted by Gasteiger charge is -2.15. The smallest absolute Gasteiger partial charge is 0.230 e. The molecule has 2 aromatic rings. The van der Waals surface area contributed by atoms with E-state index in [1.54, 1.807) is 18.2 Å². The molecule has 0 fully saturated rings. The summed E-state index contributed by atoms with van der Waals surface area (Å²) in [4.78, 5) is 13.3. The Labute approximate surface area is 92.4 Å². The molecule has 1 aliphatic rings. The predicted molar refractivity (Wildman–Crippen MR) is 59.7 cm³/mol. The van der Waals surface area contributed by atoms with E-state index in [1.807, 2.05) is 18.2 Å². The molecule has 0 radical (unpaired) electrons. The largest absolute Gasteiger partial charge is 0.491 e. The molecule has 0 saturated heterocycles. The van der Waals surface area contributed by atoms with Crippen LogP contribution in [0.15, 0.2) is 28.9 Å². The van der Waals surface area contributed by atoms with Crippen LogP contribution >= 0.6 is 0 Å². The van der Waals surface area contributed by atoms with Crippen LogP contribution in [-0.2, 0) is 4.79 Å². The van der Waals surface area contributed by atoms with Crippen LogP contribution in [0.1, 0.15) is 6.42 Å². The molecule has 0 atom stereocenters. The van der Waals surface area contributed by atoms with E-state index >= 15 is 0 Å². The maximum absolute atomic E-state index is 11.7. The van der Waals surface area contributed by atoms with Crippen molar-refractivity contribution in [2.24, 2.45) is 0 Å². The third-order valence-corrected chi connectivity index (χ3v) is 2.84. The van der Waals surface area contributed by atoms with E-state index < -0.39 is 0 Å². The number of ether oxygens (including phenoxy) is 1. The fraction of sp³-hybridized carbons (Fsp3) is 0.250. The molecular weight excluding hydrogens is 206 g/mol. The zero-order chi connectivity index (χ0) is 11.1. The number of carbonyl (C=O) groups excluding carboxylic acids is 1. The van der Waals surface area contributed by atoms with Crippen LogP contribution in [0.5, 0.6) is 5.75 Å². The Bertz CT molecular complexity index is 558. The van der Waals surface area contributed by atoms with Crippen molar-refractivity contribution in [2.75, 3.05) is 18.6 Å². The number of hydrogen-bond donors (Lipinski definition) is 0. The Balaban J connectivity index is 2.23. The van der Waals surface area contributed by atoms with Crippen LogP contribution in [0.2, 0.25) is 0 Å². The van der Waals surface area contributed by atoms with Crippen LogP contribution in [0.3, 0.4) is 0 Å². The molecular formula is C12H11NO3. The Morgan fingerprint density at radius 2 is 2.25 bits per heavy atom. The first kappa shape index (κ1) is 9.27. The van der Waals surface area contributed by atoms with Gasteiger partial charge in [0, 0.05) is 18.5 Å². The molecule has 1 aliphatic heterocycles. The highest BCUT2D eigenvalue weighted by Crippen LogP contribution is 2.35. The van der Waals surface area contributed by atoms with Crippen molar-refractivity contribution >= 4 is 22.6 Å². The summed E-state index contributed by atoms with van der Waals surface area (Å²) >= 11 is 0. The van der Waals surface area contributed by atoms with Gasteiger partial charge in [0.05, 0.1) is 25.0 Å². The summed E-state index contributed by atoms with van der Waals surface area (Å²) in [6.07, 6.45) is 2.04. The molecule has 0 N–H and O–H groups in total. The van der Waals surface area contributed by atoms with E-state index in [0.29, 0.717) is 18.8 Å². The van der Waals surface area contributed by atoms with Gasteiger partial charge < -0.3 is 14.1 Å². The molecule has 82 valence electrons. The molecule has 1 amide bonds. The van der Waals surface area contributed by atoms with Crippen LogP contribution in [0, 0.1) is 0 Å². The minimum Gasteiger partial charge on any atom is -0.491 e. The molecule has 0 unspecified atom stereocenters. The highest BCUT2D eigenvalue weighted by molar-refractivity contribution is 5.98. The lowest BCUT2D eigenvalue weighted by atomic mass is 10.2. The van der Waals surface area contributed by atoms with E-state index in [9.17, 15) is 4.79 Å². The number of furan rings is 1. The standard InChI is InChI=1S/C12H11NO3/c1-13-9-6-8-2-4-15-10(8)7-11(9)16-5-3-12(13)14/h2,4,6-7H,3,5H2,1H3. The molecule has 0 saturated carbocycles. The Morgan fingerprint density at radius 3 is 3.12 bits per heavy atom. The van der Waals surface area contributed by atoms with Crippen molar-refractivity contribution in [2.45, 2.75) is 6.42 Å². The maximum atomic E-state index is 11.7. The number of anilines is 1. The Morgan fingerprint density at radius 1 is 1.38 bits per heavy atom. The van der Waals surface area contributed by atoms with Gasteiger partial charge in [-0.05, 0) is 12.1 Å². The molecule has 4 nitrogen and oxygen atoms in total. The summed E-state index contributed by atoms with van der Waals surface area (Å²) in [5, 5.41) is 0.976. The first-order chi connectivity index (χ1) is 7.75. The Hall–Kier alpha value is -1.97. The molecule has 1 aromatic carbocycles. The van der Waals surface area contributed by atoms with Gasteiger partial charge in [0.15, 0.2) is 0 Å². The number of amides is 1. The van der Waals surface area contributed by atoms with Crippen LogP contribution in [0.4, 0.5) is 5.69 Å². The molecule has 0 spiro atoms. The number of fused-ring (bicyclic) bond motifs is 2. The van der Waals surface area contributed by atoms with Crippen LogP contribution in [-0.4, -0.2) is 19.6 Å². The average Bonchev–Trinajstić information content (AvgIpc) is 2.68.